The van der Waals surface area contributed by atoms with E-state index in [9.17, 15) is 18.4 Å². The van der Waals surface area contributed by atoms with E-state index in [1.54, 1.807) is 42.7 Å². The summed E-state index contributed by atoms with van der Waals surface area (Å²) < 4.78 is 39.2. The van der Waals surface area contributed by atoms with Crippen molar-refractivity contribution in [2.45, 2.75) is 6.54 Å². The molecule has 2 amide bonds. The Labute approximate surface area is 215 Å². The number of methoxy groups -OCH3 is 2. The Bertz CT molecular complexity index is 1700. The summed E-state index contributed by atoms with van der Waals surface area (Å²) in [5, 5.41) is 0.905. The number of carbonyl (C=O) groups excluding carboxylic acids is 2. The third-order valence-electron chi connectivity index (χ3n) is 6.82. The van der Waals surface area contributed by atoms with E-state index in [2.05, 4.69) is 9.97 Å². The van der Waals surface area contributed by atoms with Crippen LogP contribution >= 0.6 is 0 Å². The second kappa shape index (κ2) is 8.88. The van der Waals surface area contributed by atoms with Crippen molar-refractivity contribution in [2.75, 3.05) is 14.2 Å². The van der Waals surface area contributed by atoms with Gasteiger partial charge in [0.05, 0.1) is 31.9 Å². The molecule has 7 nitrogen and oxygen atoms in total. The van der Waals surface area contributed by atoms with Crippen molar-refractivity contribution < 1.29 is 27.8 Å². The molecule has 38 heavy (non-hydrogen) atoms. The average Bonchev–Trinajstić information content (AvgIpc) is 3.58. The molecule has 0 atom stereocenters. The van der Waals surface area contributed by atoms with Crippen molar-refractivity contribution >= 4 is 44.8 Å². The number of aromatic amines is 2. The molecular weight excluding hydrogens is 492 g/mol. The molecule has 3 aromatic carbocycles. The molecule has 1 aliphatic rings. The Morgan fingerprint density at radius 3 is 1.79 bits per heavy atom. The normalized spacial score (nSPS) is 13.8. The van der Waals surface area contributed by atoms with Gasteiger partial charge in [-0.15, -0.1) is 0 Å². The van der Waals surface area contributed by atoms with E-state index in [0.29, 0.717) is 50.0 Å². The standard InChI is InChI=1S/C29H21F2N3O4/c1-37-18-6-3-15(25(11-18)38-2)14-34-28(35)26(21-12-32-23-7-4-16(30)9-19(21)23)27(29(34)36)22-13-33-24-8-5-17(31)10-20(22)24/h3-13,32-33H,14H2,1-2H3. The largest absolute Gasteiger partial charge is 0.497 e. The minimum absolute atomic E-state index is 0.0781. The first kappa shape index (κ1) is 23.5. The zero-order chi connectivity index (χ0) is 26.6. The van der Waals surface area contributed by atoms with E-state index < -0.39 is 23.4 Å². The van der Waals surface area contributed by atoms with E-state index >= 15 is 0 Å². The number of nitrogens with zero attached hydrogens (tertiary/aromatic N) is 1. The number of hydrogen-bond acceptors (Lipinski definition) is 4. The zero-order valence-corrected chi connectivity index (χ0v) is 20.4. The highest BCUT2D eigenvalue weighted by Gasteiger charge is 2.41. The molecule has 1 aliphatic heterocycles. The number of ether oxygens (including phenoxy) is 2. The number of fused-ring (bicyclic) bond motifs is 2. The minimum Gasteiger partial charge on any atom is -0.497 e. The van der Waals surface area contributed by atoms with Gasteiger partial charge in [-0.1, -0.05) is 0 Å². The van der Waals surface area contributed by atoms with Crippen molar-refractivity contribution in [3.63, 3.8) is 0 Å². The van der Waals surface area contributed by atoms with Crippen LogP contribution in [-0.2, 0) is 16.1 Å². The van der Waals surface area contributed by atoms with Crippen LogP contribution in [0.2, 0.25) is 0 Å². The summed E-state index contributed by atoms with van der Waals surface area (Å²) in [5.74, 6) is -1.07. The fourth-order valence-electron chi connectivity index (χ4n) is 4.97. The van der Waals surface area contributed by atoms with E-state index in [4.69, 9.17) is 9.47 Å². The number of hydrogen-bond donors (Lipinski definition) is 2. The number of amides is 2. The van der Waals surface area contributed by atoms with Gasteiger partial charge < -0.3 is 19.4 Å². The van der Waals surface area contributed by atoms with Crippen LogP contribution in [0.15, 0.2) is 67.0 Å². The summed E-state index contributed by atoms with van der Waals surface area (Å²) in [7, 11) is 3.01. The number of benzene rings is 3. The van der Waals surface area contributed by atoms with Crippen molar-refractivity contribution in [3.8, 4) is 11.5 Å². The fraction of sp³-hybridized carbons (Fsp3) is 0.103. The Kier molecular flexibility index (Phi) is 5.48. The number of halogens is 2. The number of carbonyl (C=O) groups is 2. The molecule has 0 fully saturated rings. The predicted molar refractivity (Wildman–Crippen MR) is 138 cm³/mol. The molecule has 2 aromatic heterocycles. The van der Waals surface area contributed by atoms with Gasteiger partial charge in [-0.3, -0.25) is 14.5 Å². The molecule has 0 bridgehead atoms. The maximum absolute atomic E-state index is 14.2. The molecular formula is C29H21F2N3O4. The highest BCUT2D eigenvalue weighted by atomic mass is 19.1. The van der Waals surface area contributed by atoms with Crippen LogP contribution in [0.4, 0.5) is 8.78 Å². The molecule has 0 spiro atoms. The first-order valence-corrected chi connectivity index (χ1v) is 11.7. The average molecular weight is 514 g/mol. The Morgan fingerprint density at radius 2 is 1.29 bits per heavy atom. The number of imide groups is 1. The third-order valence-corrected chi connectivity index (χ3v) is 6.82. The predicted octanol–water partition coefficient (Wildman–Crippen LogP) is 5.42. The van der Waals surface area contributed by atoms with E-state index in [0.717, 1.165) is 4.90 Å². The van der Waals surface area contributed by atoms with Crippen molar-refractivity contribution in [2.24, 2.45) is 0 Å². The lowest BCUT2D eigenvalue weighted by Gasteiger charge is -2.18. The van der Waals surface area contributed by atoms with Gasteiger partial charge in [0, 0.05) is 57.0 Å². The highest BCUT2D eigenvalue weighted by molar-refractivity contribution is 6.50. The summed E-state index contributed by atoms with van der Waals surface area (Å²) in [6, 6.07) is 13.5. The molecule has 9 heteroatoms. The minimum atomic E-state index is -0.557. The number of aromatic nitrogens is 2. The van der Waals surface area contributed by atoms with Crippen LogP contribution in [0.25, 0.3) is 33.0 Å². The van der Waals surface area contributed by atoms with Gasteiger partial charge in [-0.2, -0.15) is 0 Å². The maximum atomic E-state index is 14.2. The Morgan fingerprint density at radius 1 is 0.737 bits per heavy atom. The first-order valence-electron chi connectivity index (χ1n) is 11.7. The quantitative estimate of drug-likeness (QED) is 0.297. The molecule has 6 rings (SSSR count). The summed E-state index contributed by atoms with van der Waals surface area (Å²) in [5.41, 5.74) is 2.76. The van der Waals surface area contributed by atoms with Gasteiger partial charge in [-0.25, -0.2) is 8.78 Å². The molecule has 190 valence electrons. The lowest BCUT2D eigenvalue weighted by atomic mass is 9.95. The molecule has 3 heterocycles. The van der Waals surface area contributed by atoms with Gasteiger partial charge >= 0.3 is 0 Å². The molecule has 0 unspecified atom stereocenters. The van der Waals surface area contributed by atoms with E-state index in [1.807, 2.05) is 0 Å². The van der Waals surface area contributed by atoms with Crippen LogP contribution in [0.5, 0.6) is 11.5 Å². The van der Waals surface area contributed by atoms with Crippen molar-refractivity contribution in [1.29, 1.82) is 0 Å². The highest BCUT2D eigenvalue weighted by Crippen LogP contribution is 2.42. The molecule has 5 aromatic rings. The Balaban J connectivity index is 1.55. The molecule has 2 N–H and O–H groups in total. The molecule has 0 saturated heterocycles. The monoisotopic (exact) mass is 513 g/mol. The molecule has 0 aliphatic carbocycles. The second-order valence-corrected chi connectivity index (χ2v) is 8.91. The summed E-state index contributed by atoms with van der Waals surface area (Å²) >= 11 is 0. The van der Waals surface area contributed by atoms with Crippen molar-refractivity contribution in [3.05, 3.63) is 95.3 Å². The summed E-state index contributed by atoms with van der Waals surface area (Å²) in [6.07, 6.45) is 3.16. The van der Waals surface area contributed by atoms with Crippen LogP contribution in [0.3, 0.4) is 0 Å². The SMILES string of the molecule is COc1ccc(CN2C(=O)C(c3c[nH]c4ccc(F)cc34)=C(c3c[nH]c4ccc(F)cc34)C2=O)c(OC)c1. The van der Waals surface area contributed by atoms with E-state index in [1.165, 1.54) is 38.5 Å². The lowest BCUT2D eigenvalue weighted by Crippen LogP contribution is -2.31. The third kappa shape index (κ3) is 3.62. The second-order valence-electron chi connectivity index (χ2n) is 8.91. The zero-order valence-electron chi connectivity index (χ0n) is 20.4. The summed E-state index contributed by atoms with van der Waals surface area (Å²) in [6.45, 7) is -0.0781. The van der Waals surface area contributed by atoms with Crippen LogP contribution in [0.1, 0.15) is 16.7 Å². The fourth-order valence-corrected chi connectivity index (χ4v) is 4.97. The van der Waals surface area contributed by atoms with Crippen LogP contribution in [-0.4, -0.2) is 40.9 Å². The molecule has 0 radical (unpaired) electrons. The number of nitrogens with one attached hydrogen (secondary N) is 2. The van der Waals surface area contributed by atoms with Crippen LogP contribution in [0, 0.1) is 11.6 Å². The number of rotatable bonds is 6. The summed E-state index contributed by atoms with van der Waals surface area (Å²) in [4.78, 5) is 35.2. The smallest absolute Gasteiger partial charge is 0.262 e. The lowest BCUT2D eigenvalue weighted by molar-refractivity contribution is -0.136. The van der Waals surface area contributed by atoms with Crippen molar-refractivity contribution in [1.82, 2.24) is 14.9 Å². The van der Waals surface area contributed by atoms with Crippen LogP contribution < -0.4 is 9.47 Å². The Hall–Kier alpha value is -4.92. The van der Waals surface area contributed by atoms with Gasteiger partial charge in [0.15, 0.2) is 0 Å². The number of H-pyrrole nitrogens is 2. The van der Waals surface area contributed by atoms with Gasteiger partial charge in [0.1, 0.15) is 23.1 Å². The van der Waals surface area contributed by atoms with Gasteiger partial charge in [-0.05, 0) is 48.5 Å². The molecule has 0 saturated carbocycles. The van der Waals surface area contributed by atoms with E-state index in [-0.39, 0.29) is 17.7 Å². The first-order chi connectivity index (χ1) is 18.4. The topological polar surface area (TPSA) is 87.4 Å². The maximum Gasteiger partial charge on any atom is 0.262 e. The van der Waals surface area contributed by atoms with Gasteiger partial charge in [0.2, 0.25) is 0 Å². The van der Waals surface area contributed by atoms with Gasteiger partial charge in [0.25, 0.3) is 11.8 Å².